The number of hydrogen-bond donors (Lipinski definition) is 0. The molecule has 6 unspecified atom stereocenters. The fraction of sp³-hybridized carbons (Fsp3) is 0.352. The van der Waals surface area contributed by atoms with Gasteiger partial charge in [-0.3, -0.25) is 4.79 Å². The molecule has 17 nitrogen and oxygen atoms in total. The highest BCUT2D eigenvalue weighted by Gasteiger charge is 2.58. The number of benzene rings is 9. The Kier molecular flexibility index (Phi) is 30.1. The molecule has 0 spiro atoms. The molecule has 3 aliphatic rings. The predicted molar refractivity (Wildman–Crippen MR) is 395 cm³/mol. The first-order valence-corrected chi connectivity index (χ1v) is 36.3. The molecule has 17 heteroatoms. The molecule has 3 fully saturated rings. The largest absolute Gasteiger partial charge is 0.454 e. The van der Waals surface area contributed by atoms with Crippen LogP contribution in [0.15, 0.2) is 286 Å². The van der Waals surface area contributed by atoms with Gasteiger partial charge < -0.3 is 75.8 Å². The molecular weight excluding hydrogens is 1330 g/mol. The number of esters is 1. The highest BCUT2D eigenvalue weighted by Crippen LogP contribution is 2.40. The lowest BCUT2D eigenvalue weighted by molar-refractivity contribution is -0.404. The maximum absolute atomic E-state index is 14.1. The Hall–Kier alpha value is -8.41. The number of ether oxygens (including phenoxy) is 16. The zero-order valence-electron chi connectivity index (χ0n) is 59.5. The molecule has 0 aromatic heterocycles. The van der Waals surface area contributed by atoms with Crippen LogP contribution in [0.2, 0.25) is 0 Å². The average molecular weight is 1430 g/mol. The minimum atomic E-state index is -1.49. The molecular formula is C88H96O17. The molecule has 0 amide bonds. The molecule has 9 aromatic carbocycles. The summed E-state index contributed by atoms with van der Waals surface area (Å²) in [7, 11) is 0. The van der Waals surface area contributed by atoms with Crippen LogP contribution in [-0.2, 0) is 140 Å². The van der Waals surface area contributed by atoms with Gasteiger partial charge in [-0.05, 0) is 62.9 Å². The van der Waals surface area contributed by atoms with E-state index >= 15 is 0 Å². The second-order valence-corrected chi connectivity index (χ2v) is 26.3. The predicted octanol–water partition coefficient (Wildman–Crippen LogP) is 15.0. The Morgan fingerprint density at radius 1 is 0.305 bits per heavy atom. The number of rotatable bonds is 40. The molecule has 15 atom stereocenters. The first-order valence-electron chi connectivity index (χ1n) is 36.3. The number of hydrogen-bond acceptors (Lipinski definition) is 17. The van der Waals surface area contributed by atoms with Gasteiger partial charge in [0.1, 0.15) is 67.1 Å². The summed E-state index contributed by atoms with van der Waals surface area (Å²) in [5, 5.41) is 0. The summed E-state index contributed by atoms with van der Waals surface area (Å²) < 4.78 is 115. The van der Waals surface area contributed by atoms with E-state index in [0.29, 0.717) is 19.4 Å². The third-order valence-electron chi connectivity index (χ3n) is 18.4. The minimum absolute atomic E-state index is 0.0149. The van der Waals surface area contributed by atoms with Gasteiger partial charge in [0.2, 0.25) is 0 Å². The summed E-state index contributed by atoms with van der Waals surface area (Å²) in [5.74, 6) is -0.631. The molecule has 550 valence electrons. The minimum Gasteiger partial charge on any atom is -0.454 e. The second kappa shape index (κ2) is 41.5. The third-order valence-corrected chi connectivity index (χ3v) is 18.4. The molecule has 0 saturated carbocycles. The Morgan fingerprint density at radius 3 is 0.819 bits per heavy atom. The van der Waals surface area contributed by atoms with E-state index < -0.39 is 98.1 Å². The van der Waals surface area contributed by atoms with Crippen molar-refractivity contribution in [3.05, 3.63) is 336 Å². The maximum atomic E-state index is 14.1. The van der Waals surface area contributed by atoms with E-state index in [1.54, 1.807) is 0 Å². The van der Waals surface area contributed by atoms with Crippen molar-refractivity contribution in [1.82, 2.24) is 0 Å². The van der Waals surface area contributed by atoms with Gasteiger partial charge in [-0.15, -0.1) is 6.58 Å². The Balaban J connectivity index is 1.00. The fourth-order valence-electron chi connectivity index (χ4n) is 13.1. The molecule has 0 N–H and O–H groups in total. The summed E-state index contributed by atoms with van der Waals surface area (Å²) in [5.41, 5.74) is 8.19. The smallest absolute Gasteiger partial charge is 0.303 e. The van der Waals surface area contributed by atoms with Crippen molar-refractivity contribution in [2.75, 3.05) is 26.4 Å². The monoisotopic (exact) mass is 1420 g/mol. The Labute approximate surface area is 617 Å². The Morgan fingerprint density at radius 2 is 0.543 bits per heavy atom. The summed E-state index contributed by atoms with van der Waals surface area (Å²) >= 11 is 0. The lowest BCUT2D eigenvalue weighted by Crippen LogP contribution is -2.68. The van der Waals surface area contributed by atoms with Crippen molar-refractivity contribution in [3.63, 3.8) is 0 Å². The molecule has 0 radical (unpaired) electrons. The number of carbonyl (C=O) groups excluding carboxylic acids is 1. The van der Waals surface area contributed by atoms with Gasteiger partial charge in [-0.2, -0.15) is 0 Å². The quantitative estimate of drug-likeness (QED) is 0.0202. The first-order chi connectivity index (χ1) is 51.9. The highest BCUT2D eigenvalue weighted by atomic mass is 16.8. The van der Waals surface area contributed by atoms with Gasteiger partial charge in [-0.1, -0.05) is 279 Å². The van der Waals surface area contributed by atoms with Crippen LogP contribution in [0.4, 0.5) is 0 Å². The zero-order chi connectivity index (χ0) is 71.9. The molecule has 0 aliphatic carbocycles. The van der Waals surface area contributed by atoms with Gasteiger partial charge in [0.05, 0.1) is 85.9 Å². The molecule has 3 saturated heterocycles. The highest BCUT2D eigenvalue weighted by molar-refractivity contribution is 5.66. The van der Waals surface area contributed by atoms with Crippen LogP contribution in [0, 0.1) is 0 Å². The van der Waals surface area contributed by atoms with Crippen LogP contribution in [0.1, 0.15) is 69.8 Å². The SMILES string of the molecule is C=CCCCO[C@H]1OC(COCc2ccccc2)[C@@H](OCc2ccccc2)[C@@H](OCc2ccccc2)C1O[C@H]1OC(COCc2ccccc2)[C@@H](OCc2ccccc2)[C@@H](OCc2ccccc2)C1O[C@H]1OC(COCc2ccccc2)[C@@H](OCc2ccccc2)[C@@H](OCc2ccccc2)C1OC(C)=O. The summed E-state index contributed by atoms with van der Waals surface area (Å²) in [6.07, 6.45) is -13.6. The van der Waals surface area contributed by atoms with Crippen molar-refractivity contribution < 1.29 is 80.6 Å². The lowest BCUT2D eigenvalue weighted by atomic mass is 9.95. The van der Waals surface area contributed by atoms with Crippen molar-refractivity contribution >= 4 is 5.97 Å². The average Bonchev–Trinajstić information content (AvgIpc) is 0.761. The Bertz CT molecular complexity index is 3860. The molecule has 12 rings (SSSR count). The van der Waals surface area contributed by atoms with Crippen LogP contribution in [0.5, 0.6) is 0 Å². The molecule has 0 bridgehead atoms. The number of unbranched alkanes of at least 4 members (excludes halogenated alkanes) is 1. The molecule has 3 heterocycles. The molecule has 3 aliphatic heterocycles. The van der Waals surface area contributed by atoms with E-state index in [4.69, 9.17) is 75.8 Å². The van der Waals surface area contributed by atoms with E-state index in [2.05, 4.69) is 6.58 Å². The van der Waals surface area contributed by atoms with E-state index in [1.807, 2.05) is 279 Å². The molecule has 9 aromatic rings. The van der Waals surface area contributed by atoms with Crippen molar-refractivity contribution in [1.29, 1.82) is 0 Å². The van der Waals surface area contributed by atoms with Gasteiger partial charge in [0, 0.05) is 6.92 Å². The van der Waals surface area contributed by atoms with Crippen LogP contribution in [0.25, 0.3) is 0 Å². The molecule has 105 heavy (non-hydrogen) atoms. The number of allylic oxidation sites excluding steroid dienone is 1. The van der Waals surface area contributed by atoms with Crippen LogP contribution < -0.4 is 0 Å². The van der Waals surface area contributed by atoms with Crippen molar-refractivity contribution in [2.24, 2.45) is 0 Å². The van der Waals surface area contributed by atoms with E-state index in [9.17, 15) is 4.79 Å². The van der Waals surface area contributed by atoms with Crippen molar-refractivity contribution in [2.45, 2.75) is 171 Å². The van der Waals surface area contributed by atoms with E-state index in [-0.39, 0.29) is 79.3 Å². The third kappa shape index (κ3) is 23.3. The fourth-order valence-corrected chi connectivity index (χ4v) is 13.1. The maximum Gasteiger partial charge on any atom is 0.303 e. The van der Waals surface area contributed by atoms with Gasteiger partial charge in [0.15, 0.2) is 25.0 Å². The van der Waals surface area contributed by atoms with Crippen LogP contribution >= 0.6 is 0 Å². The lowest BCUT2D eigenvalue weighted by Gasteiger charge is -2.52. The van der Waals surface area contributed by atoms with Gasteiger partial charge in [0.25, 0.3) is 0 Å². The zero-order valence-corrected chi connectivity index (χ0v) is 59.5. The van der Waals surface area contributed by atoms with E-state index in [0.717, 1.165) is 50.1 Å². The normalized spacial score (nSPS) is 24.6. The standard InChI is InChI=1S/C88H96O17/c1-3-4-32-51-93-86-83(80(97-58-71-45-26-11-27-46-71)77(94-55-68-39-20-8-21-40-68)74(101-86)61-90-52-65-33-14-5-15-34-65)104-88-85(82(99-60-73-49-30-13-31-50-73)79(96-57-70-43-24-10-25-44-70)76(103-88)63-92-54-67-37-18-7-19-38-67)105-87-84(100-64(2)89)81(98-59-72-47-28-12-29-48-72)78(95-56-69-41-22-9-23-42-69)75(102-87)62-91-53-66-35-16-6-17-36-66/h3,5-31,33-50,74-88H,1,4,32,51-63H2,2H3/t74?,75?,76?,77-,78-,79-,80-,81-,82-,83?,84?,85?,86+,87-,88-/m1/s1. The van der Waals surface area contributed by atoms with Crippen LogP contribution in [0.3, 0.4) is 0 Å². The van der Waals surface area contributed by atoms with Crippen molar-refractivity contribution in [3.8, 4) is 0 Å². The summed E-state index contributed by atoms with van der Waals surface area (Å²) in [6, 6.07) is 89.0. The summed E-state index contributed by atoms with van der Waals surface area (Å²) in [6.45, 7) is 7.15. The summed E-state index contributed by atoms with van der Waals surface area (Å²) in [4.78, 5) is 14.1. The van der Waals surface area contributed by atoms with Gasteiger partial charge in [-0.25, -0.2) is 0 Å². The van der Waals surface area contributed by atoms with Gasteiger partial charge >= 0.3 is 5.97 Å². The van der Waals surface area contributed by atoms with E-state index in [1.165, 1.54) is 6.92 Å². The first kappa shape index (κ1) is 76.2. The second-order valence-electron chi connectivity index (χ2n) is 26.3. The van der Waals surface area contributed by atoms with Crippen LogP contribution in [-0.4, -0.2) is 125 Å². The topological polar surface area (TPSA) is 165 Å². The number of carbonyl (C=O) groups is 1.